The lowest BCUT2D eigenvalue weighted by Gasteiger charge is -2.13. The summed E-state index contributed by atoms with van der Waals surface area (Å²) in [6.07, 6.45) is 1.84. The van der Waals surface area contributed by atoms with Crippen molar-refractivity contribution in [1.82, 2.24) is 5.32 Å². The van der Waals surface area contributed by atoms with Gasteiger partial charge in [0, 0.05) is 17.7 Å². The molecule has 0 saturated heterocycles. The van der Waals surface area contributed by atoms with E-state index in [2.05, 4.69) is 19.2 Å². The van der Waals surface area contributed by atoms with Crippen LogP contribution in [-0.2, 0) is 4.79 Å². The zero-order valence-corrected chi connectivity index (χ0v) is 8.22. The average Bonchev–Trinajstić information content (AvgIpc) is 1.84. The molecular weight excluding hydrogens is 152 g/mol. The number of nitrogens with two attached hydrogens (primary N) is 1. The van der Waals surface area contributed by atoms with Crippen LogP contribution in [0.15, 0.2) is 11.6 Å². The quantitative estimate of drug-likeness (QED) is 0.613. The Bertz CT molecular complexity index is 185. The Morgan fingerprint density at radius 1 is 1.42 bits per heavy atom. The standard InChI is InChI=1S/C9H18N2O/c1-6(2)11-8(4)5-7(3)9(10)12/h5-6,8,11H,1-4H3,(H2,10,12)/b7-5-. The summed E-state index contributed by atoms with van der Waals surface area (Å²) in [5.41, 5.74) is 5.69. The van der Waals surface area contributed by atoms with Gasteiger partial charge in [-0.1, -0.05) is 19.9 Å². The van der Waals surface area contributed by atoms with Gasteiger partial charge in [0.2, 0.25) is 5.91 Å². The van der Waals surface area contributed by atoms with E-state index in [1.807, 2.05) is 13.0 Å². The van der Waals surface area contributed by atoms with Crippen molar-refractivity contribution in [3.05, 3.63) is 11.6 Å². The summed E-state index contributed by atoms with van der Waals surface area (Å²) in [5, 5.41) is 3.24. The summed E-state index contributed by atoms with van der Waals surface area (Å²) in [6, 6.07) is 0.606. The van der Waals surface area contributed by atoms with E-state index < -0.39 is 0 Å². The first-order valence-electron chi connectivity index (χ1n) is 4.17. The van der Waals surface area contributed by atoms with Gasteiger partial charge in [0.15, 0.2) is 0 Å². The molecule has 0 rings (SSSR count). The number of hydrogen-bond acceptors (Lipinski definition) is 2. The topological polar surface area (TPSA) is 55.1 Å². The van der Waals surface area contributed by atoms with Crippen LogP contribution in [0.4, 0.5) is 0 Å². The molecule has 0 aromatic carbocycles. The van der Waals surface area contributed by atoms with E-state index in [9.17, 15) is 4.79 Å². The molecule has 1 amide bonds. The Hall–Kier alpha value is -0.830. The molecule has 3 heteroatoms. The largest absolute Gasteiger partial charge is 0.366 e. The Kier molecular flexibility index (Phi) is 4.59. The highest BCUT2D eigenvalue weighted by Crippen LogP contribution is 1.95. The predicted molar refractivity (Wildman–Crippen MR) is 50.7 cm³/mol. The maximum absolute atomic E-state index is 10.6. The van der Waals surface area contributed by atoms with Gasteiger partial charge in [-0.15, -0.1) is 0 Å². The lowest BCUT2D eigenvalue weighted by atomic mass is 10.2. The molecule has 3 N–H and O–H groups in total. The number of primary amides is 1. The van der Waals surface area contributed by atoms with Crippen molar-refractivity contribution in [3.8, 4) is 0 Å². The summed E-state index contributed by atoms with van der Waals surface area (Å²) < 4.78 is 0. The third-order valence-corrected chi connectivity index (χ3v) is 1.48. The predicted octanol–water partition coefficient (Wildman–Crippen LogP) is 0.804. The van der Waals surface area contributed by atoms with E-state index in [0.717, 1.165) is 0 Å². The molecule has 0 bridgehead atoms. The molecule has 0 heterocycles. The molecule has 0 aliphatic carbocycles. The second-order valence-electron chi connectivity index (χ2n) is 3.32. The number of amides is 1. The van der Waals surface area contributed by atoms with E-state index in [-0.39, 0.29) is 11.9 Å². The van der Waals surface area contributed by atoms with E-state index in [1.165, 1.54) is 0 Å². The van der Waals surface area contributed by atoms with Crippen molar-refractivity contribution in [2.45, 2.75) is 39.8 Å². The third-order valence-electron chi connectivity index (χ3n) is 1.48. The maximum atomic E-state index is 10.6. The molecule has 0 aliphatic heterocycles. The smallest absolute Gasteiger partial charge is 0.244 e. The third kappa shape index (κ3) is 4.91. The number of rotatable bonds is 4. The first kappa shape index (κ1) is 11.2. The average molecular weight is 170 g/mol. The first-order valence-corrected chi connectivity index (χ1v) is 4.17. The Labute approximate surface area is 74.0 Å². The molecule has 0 spiro atoms. The van der Waals surface area contributed by atoms with Gasteiger partial charge in [-0.05, 0) is 13.8 Å². The molecule has 0 radical (unpaired) electrons. The molecular formula is C9H18N2O. The highest BCUT2D eigenvalue weighted by molar-refractivity contribution is 5.91. The van der Waals surface area contributed by atoms with Crippen LogP contribution in [0.2, 0.25) is 0 Å². The normalized spacial score (nSPS) is 14.9. The van der Waals surface area contributed by atoms with Crippen LogP contribution in [0, 0.1) is 0 Å². The Balaban J connectivity index is 4.05. The van der Waals surface area contributed by atoms with Crippen LogP contribution >= 0.6 is 0 Å². The van der Waals surface area contributed by atoms with E-state index in [1.54, 1.807) is 6.92 Å². The monoisotopic (exact) mass is 170 g/mol. The highest BCUT2D eigenvalue weighted by Gasteiger charge is 2.02. The molecule has 1 unspecified atom stereocenters. The molecule has 0 fully saturated rings. The van der Waals surface area contributed by atoms with E-state index in [4.69, 9.17) is 5.73 Å². The van der Waals surface area contributed by atoms with Crippen molar-refractivity contribution in [2.24, 2.45) is 5.73 Å². The van der Waals surface area contributed by atoms with Crippen molar-refractivity contribution < 1.29 is 4.79 Å². The number of carbonyl (C=O) groups excluding carboxylic acids is 1. The lowest BCUT2D eigenvalue weighted by molar-refractivity contribution is -0.114. The molecule has 0 aromatic rings. The van der Waals surface area contributed by atoms with Gasteiger partial charge in [-0.3, -0.25) is 4.79 Å². The van der Waals surface area contributed by atoms with Gasteiger partial charge in [0.05, 0.1) is 0 Å². The minimum absolute atomic E-state index is 0.192. The Morgan fingerprint density at radius 2 is 1.92 bits per heavy atom. The zero-order valence-electron chi connectivity index (χ0n) is 8.22. The Morgan fingerprint density at radius 3 is 2.25 bits per heavy atom. The molecule has 0 aromatic heterocycles. The van der Waals surface area contributed by atoms with E-state index in [0.29, 0.717) is 11.6 Å². The summed E-state index contributed by atoms with van der Waals surface area (Å²) in [6.45, 7) is 7.83. The van der Waals surface area contributed by atoms with Crippen molar-refractivity contribution in [1.29, 1.82) is 0 Å². The minimum Gasteiger partial charge on any atom is -0.366 e. The van der Waals surface area contributed by atoms with Gasteiger partial charge in [0.25, 0.3) is 0 Å². The fourth-order valence-electron chi connectivity index (χ4n) is 1.03. The number of nitrogens with one attached hydrogen (secondary N) is 1. The van der Waals surface area contributed by atoms with Gasteiger partial charge in [0.1, 0.15) is 0 Å². The second-order valence-corrected chi connectivity index (χ2v) is 3.32. The second kappa shape index (κ2) is 4.93. The van der Waals surface area contributed by atoms with Gasteiger partial charge in [-0.25, -0.2) is 0 Å². The van der Waals surface area contributed by atoms with Gasteiger partial charge < -0.3 is 11.1 Å². The van der Waals surface area contributed by atoms with Crippen molar-refractivity contribution in [3.63, 3.8) is 0 Å². The van der Waals surface area contributed by atoms with Crippen LogP contribution in [0.3, 0.4) is 0 Å². The summed E-state index contributed by atoms with van der Waals surface area (Å²) in [7, 11) is 0. The highest BCUT2D eigenvalue weighted by atomic mass is 16.1. The molecule has 0 aliphatic rings. The van der Waals surface area contributed by atoms with E-state index >= 15 is 0 Å². The number of hydrogen-bond donors (Lipinski definition) is 2. The SMILES string of the molecule is C/C(=C/C(C)NC(C)C)C(N)=O. The van der Waals surface area contributed by atoms with Crippen LogP contribution in [0.1, 0.15) is 27.7 Å². The zero-order chi connectivity index (χ0) is 9.72. The summed E-state index contributed by atoms with van der Waals surface area (Å²) >= 11 is 0. The van der Waals surface area contributed by atoms with Gasteiger partial charge >= 0.3 is 0 Å². The minimum atomic E-state index is -0.354. The fraction of sp³-hybridized carbons (Fsp3) is 0.667. The van der Waals surface area contributed by atoms with Crippen molar-refractivity contribution >= 4 is 5.91 Å². The number of carbonyl (C=O) groups is 1. The molecule has 12 heavy (non-hydrogen) atoms. The van der Waals surface area contributed by atoms with Crippen molar-refractivity contribution in [2.75, 3.05) is 0 Å². The summed E-state index contributed by atoms with van der Waals surface area (Å²) in [4.78, 5) is 10.6. The van der Waals surface area contributed by atoms with Crippen LogP contribution in [-0.4, -0.2) is 18.0 Å². The van der Waals surface area contributed by atoms with Crippen LogP contribution in [0.25, 0.3) is 0 Å². The summed E-state index contributed by atoms with van der Waals surface area (Å²) in [5.74, 6) is -0.354. The fourth-order valence-corrected chi connectivity index (χ4v) is 1.03. The molecule has 70 valence electrons. The lowest BCUT2D eigenvalue weighted by Crippen LogP contribution is -2.31. The molecule has 1 atom stereocenters. The maximum Gasteiger partial charge on any atom is 0.244 e. The van der Waals surface area contributed by atoms with Gasteiger partial charge in [-0.2, -0.15) is 0 Å². The van der Waals surface area contributed by atoms with Crippen LogP contribution in [0.5, 0.6) is 0 Å². The molecule has 0 saturated carbocycles. The molecule has 3 nitrogen and oxygen atoms in total. The first-order chi connectivity index (χ1) is 5.43. The van der Waals surface area contributed by atoms with Crippen LogP contribution < -0.4 is 11.1 Å².